The first-order valence-electron chi connectivity index (χ1n) is 8.46. The summed E-state index contributed by atoms with van der Waals surface area (Å²) in [4.78, 5) is 14.2. The van der Waals surface area contributed by atoms with Crippen LogP contribution >= 0.6 is 43.5 Å². The molecule has 0 aliphatic carbocycles. The summed E-state index contributed by atoms with van der Waals surface area (Å²) in [6.45, 7) is 3.30. The maximum absolute atomic E-state index is 12.6. The van der Waals surface area contributed by atoms with Crippen molar-refractivity contribution in [1.29, 1.82) is 0 Å². The second kappa shape index (κ2) is 9.11. The molecule has 28 heavy (non-hydrogen) atoms. The Morgan fingerprint density at radius 2 is 2.04 bits per heavy atom. The number of carbonyl (C=O) groups is 1. The molecule has 0 bridgehead atoms. The lowest BCUT2D eigenvalue weighted by atomic mass is 10.3. The van der Waals surface area contributed by atoms with Crippen LogP contribution in [0.15, 0.2) is 45.6 Å². The van der Waals surface area contributed by atoms with Crippen LogP contribution in [0.4, 0.5) is 0 Å². The minimum Gasteiger partial charge on any atom is -0.470 e. The quantitative estimate of drug-likeness (QED) is 0.448. The van der Waals surface area contributed by atoms with E-state index >= 15 is 0 Å². The minimum absolute atomic E-state index is 0.144. The van der Waals surface area contributed by atoms with E-state index in [9.17, 15) is 4.79 Å². The first-order chi connectivity index (χ1) is 13.4. The van der Waals surface area contributed by atoms with Crippen molar-refractivity contribution in [3.05, 3.63) is 62.0 Å². The smallest absolute Gasteiger partial charge is 0.274 e. The van der Waals surface area contributed by atoms with Crippen LogP contribution in [0.2, 0.25) is 5.02 Å². The maximum atomic E-state index is 12.6. The number of nitrogens with zero attached hydrogens (tertiary/aromatic N) is 5. The van der Waals surface area contributed by atoms with Gasteiger partial charge in [-0.1, -0.05) is 27.5 Å². The molecule has 7 nitrogen and oxygen atoms in total. The first kappa shape index (κ1) is 20.9. The summed E-state index contributed by atoms with van der Waals surface area (Å²) in [5.41, 5.74) is 1.13. The van der Waals surface area contributed by atoms with Crippen molar-refractivity contribution < 1.29 is 9.53 Å². The molecule has 3 rings (SSSR count). The molecule has 0 fully saturated rings. The Bertz CT molecular complexity index is 988. The normalized spacial score (nSPS) is 10.9. The summed E-state index contributed by atoms with van der Waals surface area (Å²) in [5.74, 6) is 0.347. The van der Waals surface area contributed by atoms with Crippen LogP contribution in [0.5, 0.6) is 5.75 Å². The van der Waals surface area contributed by atoms with Gasteiger partial charge in [-0.25, -0.2) is 4.68 Å². The van der Waals surface area contributed by atoms with Gasteiger partial charge in [0.15, 0.2) is 12.4 Å². The number of ether oxygens (including phenoxy) is 1. The van der Waals surface area contributed by atoms with Gasteiger partial charge in [-0.2, -0.15) is 10.2 Å². The predicted octanol–water partition coefficient (Wildman–Crippen LogP) is 4.59. The van der Waals surface area contributed by atoms with Gasteiger partial charge in [-0.3, -0.25) is 9.48 Å². The van der Waals surface area contributed by atoms with Crippen LogP contribution in [0.3, 0.4) is 0 Å². The fourth-order valence-electron chi connectivity index (χ4n) is 2.47. The zero-order valence-electron chi connectivity index (χ0n) is 15.3. The van der Waals surface area contributed by atoms with Gasteiger partial charge in [0, 0.05) is 30.5 Å². The van der Waals surface area contributed by atoms with E-state index in [0.717, 1.165) is 21.2 Å². The van der Waals surface area contributed by atoms with Gasteiger partial charge >= 0.3 is 0 Å². The molecule has 2 aromatic heterocycles. The lowest BCUT2D eigenvalue weighted by molar-refractivity contribution is 0.0775. The molecule has 0 N–H and O–H groups in total. The molecule has 0 aliphatic rings. The van der Waals surface area contributed by atoms with E-state index in [2.05, 4.69) is 42.1 Å². The number of halogens is 3. The van der Waals surface area contributed by atoms with Gasteiger partial charge in [0.05, 0.1) is 21.7 Å². The predicted molar refractivity (Wildman–Crippen MR) is 113 cm³/mol. The third-order valence-corrected chi connectivity index (χ3v) is 5.40. The van der Waals surface area contributed by atoms with Crippen LogP contribution in [0.25, 0.3) is 0 Å². The Morgan fingerprint density at radius 1 is 1.25 bits per heavy atom. The van der Waals surface area contributed by atoms with Gasteiger partial charge in [0.2, 0.25) is 0 Å². The fourth-order valence-corrected chi connectivity index (χ4v) is 3.64. The highest BCUT2D eigenvalue weighted by Crippen LogP contribution is 2.27. The summed E-state index contributed by atoms with van der Waals surface area (Å²) >= 11 is 13.0. The van der Waals surface area contributed by atoms with Crippen LogP contribution in [-0.4, -0.2) is 37.4 Å². The fraction of sp³-hybridized carbons (Fsp3) is 0.278. The molecule has 1 aromatic carbocycles. The average Bonchev–Trinajstić information content (AvgIpc) is 3.27. The van der Waals surface area contributed by atoms with Gasteiger partial charge in [0.1, 0.15) is 5.75 Å². The zero-order valence-corrected chi connectivity index (χ0v) is 19.2. The lowest BCUT2D eigenvalue weighted by Gasteiger charge is -2.14. The van der Waals surface area contributed by atoms with Crippen molar-refractivity contribution in [2.45, 2.75) is 26.7 Å². The highest BCUT2D eigenvalue weighted by Gasteiger charge is 2.18. The molecular formula is C18H18Br2ClN5O2. The largest absolute Gasteiger partial charge is 0.470 e. The Kier molecular flexibility index (Phi) is 6.79. The van der Waals surface area contributed by atoms with E-state index in [0.29, 0.717) is 23.0 Å². The monoisotopic (exact) mass is 529 g/mol. The average molecular weight is 532 g/mol. The molecule has 3 aromatic rings. The third-order valence-electron chi connectivity index (χ3n) is 3.95. The van der Waals surface area contributed by atoms with Crippen molar-refractivity contribution in [2.75, 3.05) is 7.05 Å². The Balaban J connectivity index is 1.62. The van der Waals surface area contributed by atoms with Crippen LogP contribution in [0, 0.1) is 0 Å². The summed E-state index contributed by atoms with van der Waals surface area (Å²) < 4.78 is 10.8. The number of rotatable bonds is 7. The maximum Gasteiger partial charge on any atom is 0.274 e. The second-order valence-corrected chi connectivity index (χ2v) is 8.21. The molecule has 0 radical (unpaired) electrons. The highest BCUT2D eigenvalue weighted by atomic mass is 79.9. The number of hydrogen-bond acceptors (Lipinski definition) is 4. The minimum atomic E-state index is -0.196. The lowest BCUT2D eigenvalue weighted by Crippen LogP contribution is -2.27. The number of carbonyl (C=O) groups excluding carboxylic acids is 1. The van der Waals surface area contributed by atoms with E-state index < -0.39 is 0 Å². The zero-order chi connectivity index (χ0) is 20.3. The molecule has 0 unspecified atom stereocenters. The van der Waals surface area contributed by atoms with Crippen LogP contribution in [0.1, 0.15) is 23.1 Å². The SMILES string of the molecule is CCn1cc(Br)c(CN(C)C(=O)c2ccn(COc3ccc(Br)cc3Cl)n2)n1. The van der Waals surface area contributed by atoms with Crippen molar-refractivity contribution in [3.8, 4) is 5.75 Å². The van der Waals surface area contributed by atoms with Gasteiger partial charge in [-0.05, 0) is 47.1 Å². The van der Waals surface area contributed by atoms with Crippen LogP contribution in [-0.2, 0) is 19.8 Å². The molecular weight excluding hydrogens is 513 g/mol. The Hall–Kier alpha value is -1.84. The van der Waals surface area contributed by atoms with E-state index in [-0.39, 0.29) is 12.6 Å². The number of benzene rings is 1. The highest BCUT2D eigenvalue weighted by molar-refractivity contribution is 9.10. The standard InChI is InChI=1S/C18H18Br2ClN5O2/c1-3-25-9-13(20)16(23-25)10-24(2)18(27)15-6-7-26(22-15)11-28-17-5-4-12(19)8-14(17)21/h4-9H,3,10-11H2,1-2H3. The van der Waals surface area contributed by atoms with Gasteiger partial charge in [0.25, 0.3) is 5.91 Å². The van der Waals surface area contributed by atoms with E-state index in [1.54, 1.807) is 41.0 Å². The number of amides is 1. The Labute approximate surface area is 184 Å². The third kappa shape index (κ3) is 4.95. The van der Waals surface area contributed by atoms with Crippen molar-refractivity contribution in [1.82, 2.24) is 24.5 Å². The van der Waals surface area contributed by atoms with Crippen molar-refractivity contribution in [2.24, 2.45) is 0 Å². The van der Waals surface area contributed by atoms with Gasteiger partial charge in [-0.15, -0.1) is 0 Å². The number of aromatic nitrogens is 4. The van der Waals surface area contributed by atoms with Crippen molar-refractivity contribution in [3.63, 3.8) is 0 Å². The molecule has 148 valence electrons. The molecule has 0 spiro atoms. The van der Waals surface area contributed by atoms with Crippen molar-refractivity contribution >= 4 is 49.4 Å². The molecule has 0 saturated carbocycles. The molecule has 0 atom stereocenters. The Morgan fingerprint density at radius 3 is 2.71 bits per heavy atom. The molecule has 10 heteroatoms. The summed E-state index contributed by atoms with van der Waals surface area (Å²) in [6, 6.07) is 7.02. The topological polar surface area (TPSA) is 65.2 Å². The first-order valence-corrected chi connectivity index (χ1v) is 10.4. The second-order valence-electron chi connectivity index (χ2n) is 6.03. The molecule has 1 amide bonds. The molecule has 0 aliphatic heterocycles. The summed E-state index contributed by atoms with van der Waals surface area (Å²) in [5, 5.41) is 9.23. The van der Waals surface area contributed by atoms with Gasteiger partial charge < -0.3 is 9.64 Å². The van der Waals surface area contributed by atoms with E-state index in [1.807, 2.05) is 23.9 Å². The summed E-state index contributed by atoms with van der Waals surface area (Å²) in [7, 11) is 1.72. The summed E-state index contributed by atoms with van der Waals surface area (Å²) in [6.07, 6.45) is 3.59. The van der Waals surface area contributed by atoms with Crippen LogP contribution < -0.4 is 4.74 Å². The number of hydrogen-bond donors (Lipinski definition) is 0. The van der Waals surface area contributed by atoms with E-state index in [1.165, 1.54) is 0 Å². The molecule has 2 heterocycles. The van der Waals surface area contributed by atoms with E-state index in [4.69, 9.17) is 16.3 Å². The number of aryl methyl sites for hydroxylation is 1. The molecule has 0 saturated heterocycles.